The maximum absolute atomic E-state index is 13.2. The van der Waals surface area contributed by atoms with Gasteiger partial charge < -0.3 is 24.6 Å². The van der Waals surface area contributed by atoms with Gasteiger partial charge in [0.1, 0.15) is 0 Å². The molecule has 3 aliphatic heterocycles. The molecular formula is C24H25N3O5. The van der Waals surface area contributed by atoms with Gasteiger partial charge in [-0.15, -0.1) is 0 Å². The molecule has 0 aliphatic carbocycles. The quantitative estimate of drug-likeness (QED) is 0.798. The Kier molecular flexibility index (Phi) is 5.43. The molecule has 3 aliphatic rings. The van der Waals surface area contributed by atoms with Crippen LogP contribution in [0.2, 0.25) is 0 Å². The van der Waals surface area contributed by atoms with Crippen LogP contribution in [0.15, 0.2) is 48.5 Å². The average molecular weight is 435 g/mol. The second kappa shape index (κ2) is 8.53. The van der Waals surface area contributed by atoms with E-state index in [0.29, 0.717) is 36.8 Å². The summed E-state index contributed by atoms with van der Waals surface area (Å²) in [4.78, 5) is 42.0. The minimum absolute atomic E-state index is 0.0567. The Morgan fingerprint density at radius 1 is 0.969 bits per heavy atom. The van der Waals surface area contributed by atoms with Gasteiger partial charge in [-0.25, -0.2) is 0 Å². The summed E-state index contributed by atoms with van der Waals surface area (Å²) in [6.45, 7) is 1.49. The number of carbonyl (C=O) groups excluding carboxylic acids is 3. The van der Waals surface area contributed by atoms with Gasteiger partial charge in [-0.2, -0.15) is 0 Å². The SMILES string of the molecule is O=C(Nc1ccccc1)C1CCCN(C(=O)C2CC(=O)N(c3ccc4c(c3)OCO4)C2)C1. The van der Waals surface area contributed by atoms with E-state index in [4.69, 9.17) is 9.47 Å². The van der Waals surface area contributed by atoms with Gasteiger partial charge in [0.25, 0.3) is 0 Å². The summed E-state index contributed by atoms with van der Waals surface area (Å²) in [5.41, 5.74) is 1.45. The molecule has 32 heavy (non-hydrogen) atoms. The first kappa shape index (κ1) is 20.4. The third-order valence-electron chi connectivity index (χ3n) is 6.29. The van der Waals surface area contributed by atoms with Crippen molar-refractivity contribution in [3.8, 4) is 11.5 Å². The van der Waals surface area contributed by atoms with Crippen LogP contribution < -0.4 is 19.7 Å². The Labute approximate surface area is 186 Å². The number of nitrogens with one attached hydrogen (secondary N) is 1. The van der Waals surface area contributed by atoms with Crippen molar-refractivity contribution in [1.29, 1.82) is 0 Å². The number of para-hydroxylation sites is 1. The van der Waals surface area contributed by atoms with Crippen molar-refractivity contribution < 1.29 is 23.9 Å². The standard InChI is InChI=1S/C24H25N3O5/c28-22-11-17(14-27(22)19-8-9-20-21(12-19)32-15-31-20)24(30)26-10-4-5-16(13-26)23(29)25-18-6-2-1-3-7-18/h1-3,6-9,12,16-17H,4-5,10-11,13-15H2,(H,25,29). The fourth-order valence-electron chi connectivity index (χ4n) is 4.59. The highest BCUT2D eigenvalue weighted by Gasteiger charge is 2.39. The van der Waals surface area contributed by atoms with E-state index in [1.54, 1.807) is 21.9 Å². The molecule has 0 bridgehead atoms. The van der Waals surface area contributed by atoms with Crippen LogP contribution in [-0.2, 0) is 14.4 Å². The Morgan fingerprint density at radius 2 is 1.78 bits per heavy atom. The highest BCUT2D eigenvalue weighted by atomic mass is 16.7. The van der Waals surface area contributed by atoms with Crippen molar-refractivity contribution in [3.63, 3.8) is 0 Å². The summed E-state index contributed by atoms with van der Waals surface area (Å²) in [6, 6.07) is 14.7. The lowest BCUT2D eigenvalue weighted by Crippen LogP contribution is -2.46. The highest BCUT2D eigenvalue weighted by Crippen LogP contribution is 2.37. The molecule has 0 radical (unpaired) electrons. The summed E-state index contributed by atoms with van der Waals surface area (Å²) < 4.78 is 10.7. The summed E-state index contributed by atoms with van der Waals surface area (Å²) in [6.07, 6.45) is 1.69. The number of amides is 3. The van der Waals surface area contributed by atoms with Gasteiger partial charge in [0, 0.05) is 43.5 Å². The van der Waals surface area contributed by atoms with Crippen LogP contribution in [0.1, 0.15) is 19.3 Å². The molecule has 2 atom stereocenters. The first-order chi connectivity index (χ1) is 15.6. The lowest BCUT2D eigenvalue weighted by Gasteiger charge is -2.33. The summed E-state index contributed by atoms with van der Waals surface area (Å²) in [5, 5.41) is 2.94. The van der Waals surface area contributed by atoms with Crippen molar-refractivity contribution in [2.45, 2.75) is 19.3 Å². The topological polar surface area (TPSA) is 88.2 Å². The molecule has 2 unspecified atom stereocenters. The van der Waals surface area contributed by atoms with Crippen LogP contribution in [0.4, 0.5) is 11.4 Å². The number of hydrogen-bond donors (Lipinski definition) is 1. The predicted octanol–water partition coefficient (Wildman–Crippen LogP) is 2.65. The van der Waals surface area contributed by atoms with Crippen molar-refractivity contribution in [2.24, 2.45) is 11.8 Å². The van der Waals surface area contributed by atoms with Gasteiger partial charge in [-0.1, -0.05) is 18.2 Å². The third kappa shape index (κ3) is 4.00. The van der Waals surface area contributed by atoms with E-state index >= 15 is 0 Å². The van der Waals surface area contributed by atoms with Gasteiger partial charge in [-0.05, 0) is 37.1 Å². The molecule has 2 fully saturated rings. The molecule has 0 saturated carbocycles. The van der Waals surface area contributed by atoms with Crippen molar-refractivity contribution in [3.05, 3.63) is 48.5 Å². The molecular weight excluding hydrogens is 410 g/mol. The number of piperidine rings is 1. The first-order valence-corrected chi connectivity index (χ1v) is 10.9. The van der Waals surface area contributed by atoms with E-state index in [1.165, 1.54) is 0 Å². The number of likely N-dealkylation sites (tertiary alicyclic amines) is 1. The fraction of sp³-hybridized carbons (Fsp3) is 0.375. The lowest BCUT2D eigenvalue weighted by molar-refractivity contribution is -0.138. The second-order valence-electron chi connectivity index (χ2n) is 8.42. The van der Waals surface area contributed by atoms with Crippen LogP contribution in [0.3, 0.4) is 0 Å². The molecule has 2 saturated heterocycles. The smallest absolute Gasteiger partial charge is 0.231 e. The van der Waals surface area contributed by atoms with Crippen molar-refractivity contribution >= 4 is 29.1 Å². The predicted molar refractivity (Wildman–Crippen MR) is 117 cm³/mol. The fourth-order valence-corrected chi connectivity index (χ4v) is 4.59. The number of anilines is 2. The molecule has 166 valence electrons. The minimum atomic E-state index is -0.413. The van der Waals surface area contributed by atoms with E-state index in [9.17, 15) is 14.4 Å². The molecule has 8 heteroatoms. The zero-order valence-corrected chi connectivity index (χ0v) is 17.7. The molecule has 3 amide bonds. The summed E-state index contributed by atoms with van der Waals surface area (Å²) >= 11 is 0. The van der Waals surface area contributed by atoms with E-state index in [1.807, 2.05) is 36.4 Å². The van der Waals surface area contributed by atoms with E-state index in [0.717, 1.165) is 18.5 Å². The largest absolute Gasteiger partial charge is 0.454 e. The monoisotopic (exact) mass is 435 g/mol. The second-order valence-corrected chi connectivity index (χ2v) is 8.42. The van der Waals surface area contributed by atoms with Gasteiger partial charge in [-0.3, -0.25) is 14.4 Å². The normalized spacial score (nSPS) is 22.2. The Bertz CT molecular complexity index is 1040. The number of carbonyl (C=O) groups is 3. The molecule has 1 N–H and O–H groups in total. The van der Waals surface area contributed by atoms with E-state index < -0.39 is 5.92 Å². The molecule has 2 aromatic carbocycles. The molecule has 2 aromatic rings. The zero-order valence-electron chi connectivity index (χ0n) is 17.7. The van der Waals surface area contributed by atoms with Crippen LogP contribution in [-0.4, -0.2) is 49.0 Å². The number of ether oxygens (including phenoxy) is 2. The molecule has 3 heterocycles. The number of rotatable bonds is 4. The van der Waals surface area contributed by atoms with Crippen LogP contribution >= 0.6 is 0 Å². The van der Waals surface area contributed by atoms with Gasteiger partial charge in [0.05, 0.1) is 11.8 Å². The zero-order chi connectivity index (χ0) is 22.1. The average Bonchev–Trinajstić information content (AvgIpc) is 3.45. The molecule has 0 aromatic heterocycles. The lowest BCUT2D eigenvalue weighted by atomic mass is 9.95. The van der Waals surface area contributed by atoms with Crippen LogP contribution in [0.5, 0.6) is 11.5 Å². The van der Waals surface area contributed by atoms with E-state index in [-0.39, 0.29) is 36.9 Å². The maximum atomic E-state index is 13.2. The summed E-state index contributed by atoms with van der Waals surface area (Å²) in [7, 11) is 0. The van der Waals surface area contributed by atoms with Crippen LogP contribution in [0.25, 0.3) is 0 Å². The van der Waals surface area contributed by atoms with Crippen LogP contribution in [0, 0.1) is 11.8 Å². The molecule has 5 rings (SSSR count). The maximum Gasteiger partial charge on any atom is 0.231 e. The minimum Gasteiger partial charge on any atom is -0.454 e. The molecule has 8 nitrogen and oxygen atoms in total. The Balaban J connectivity index is 1.22. The van der Waals surface area contributed by atoms with Gasteiger partial charge in [0.2, 0.25) is 24.5 Å². The summed E-state index contributed by atoms with van der Waals surface area (Å²) in [5.74, 6) is 0.378. The van der Waals surface area contributed by atoms with Crippen molar-refractivity contribution in [2.75, 3.05) is 36.6 Å². The number of nitrogens with zero attached hydrogens (tertiary/aromatic N) is 2. The van der Waals surface area contributed by atoms with Gasteiger partial charge in [0.15, 0.2) is 11.5 Å². The Morgan fingerprint density at radius 3 is 2.62 bits per heavy atom. The number of benzene rings is 2. The number of hydrogen-bond acceptors (Lipinski definition) is 5. The van der Waals surface area contributed by atoms with Gasteiger partial charge >= 0.3 is 0 Å². The molecule has 0 spiro atoms. The van der Waals surface area contributed by atoms with E-state index in [2.05, 4.69) is 5.32 Å². The van der Waals surface area contributed by atoms with Crippen molar-refractivity contribution in [1.82, 2.24) is 4.90 Å². The first-order valence-electron chi connectivity index (χ1n) is 10.9. The highest BCUT2D eigenvalue weighted by molar-refractivity contribution is 6.00. The number of fused-ring (bicyclic) bond motifs is 1. The Hall–Kier alpha value is -3.55. The third-order valence-corrected chi connectivity index (χ3v) is 6.29.